The maximum absolute atomic E-state index is 5.72. The fraction of sp³-hybridized carbons (Fsp3) is 0.0455. The summed E-state index contributed by atoms with van der Waals surface area (Å²) in [5.74, 6) is 0. The van der Waals surface area contributed by atoms with Crippen LogP contribution in [0.2, 0.25) is 0 Å². The van der Waals surface area contributed by atoms with Gasteiger partial charge < -0.3 is 11.5 Å². The second-order valence-electron chi connectivity index (χ2n) is 6.72. The summed E-state index contributed by atoms with van der Waals surface area (Å²) in [4.78, 5) is 14.5. The highest BCUT2D eigenvalue weighted by Crippen LogP contribution is 2.32. The number of nitrogens with two attached hydrogens (primary N) is 1. The van der Waals surface area contributed by atoms with Crippen molar-refractivity contribution in [1.29, 1.82) is 0 Å². The highest BCUT2D eigenvalue weighted by atomic mass is 32.1. The van der Waals surface area contributed by atoms with Crippen molar-refractivity contribution >= 4 is 27.6 Å². The van der Waals surface area contributed by atoms with Crippen molar-refractivity contribution in [3.05, 3.63) is 72.3 Å². The van der Waals surface area contributed by atoms with Gasteiger partial charge in [0.25, 0.3) is 0 Å². The van der Waals surface area contributed by atoms with Crippen LogP contribution in [0.5, 0.6) is 0 Å². The van der Waals surface area contributed by atoms with Gasteiger partial charge in [-0.05, 0) is 12.1 Å². The first kappa shape index (κ1) is 18.3. The highest BCUT2D eigenvalue weighted by molar-refractivity contribution is 7.18. The van der Waals surface area contributed by atoms with E-state index in [-0.39, 0.29) is 0 Å². The summed E-state index contributed by atoms with van der Waals surface area (Å²) in [6, 6.07) is 22.1. The molecular formula is C22H18N7S+. The van der Waals surface area contributed by atoms with Crippen LogP contribution in [0.3, 0.4) is 0 Å². The maximum atomic E-state index is 5.72. The van der Waals surface area contributed by atoms with E-state index in [1.54, 1.807) is 0 Å². The maximum Gasteiger partial charge on any atom is 0.203 e. The van der Waals surface area contributed by atoms with Crippen LogP contribution >= 0.6 is 11.3 Å². The Morgan fingerprint density at radius 2 is 1.50 bits per heavy atom. The molecule has 7 nitrogen and oxygen atoms in total. The number of nitrogens with zero attached hydrogens (tertiary/aromatic N) is 5. The van der Waals surface area contributed by atoms with Gasteiger partial charge in [-0.2, -0.15) is 0 Å². The Hall–Kier alpha value is -3.75. The Balaban J connectivity index is 1.71. The zero-order chi connectivity index (χ0) is 20.5. The van der Waals surface area contributed by atoms with Gasteiger partial charge in [0.2, 0.25) is 5.13 Å². The number of hydrogen-bond acceptors (Lipinski definition) is 7. The van der Waals surface area contributed by atoms with E-state index in [1.165, 1.54) is 16.9 Å². The summed E-state index contributed by atoms with van der Waals surface area (Å²) in [7, 11) is 0. The molecule has 0 aliphatic rings. The topological polar surface area (TPSA) is 118 Å². The lowest BCUT2D eigenvalue weighted by atomic mass is 10.0. The lowest BCUT2D eigenvalue weighted by Crippen LogP contribution is -2.47. The van der Waals surface area contributed by atoms with Gasteiger partial charge in [-0.25, -0.2) is 15.0 Å². The molecule has 0 unspecified atom stereocenters. The third kappa shape index (κ3) is 3.38. The van der Waals surface area contributed by atoms with Crippen molar-refractivity contribution in [3.63, 3.8) is 0 Å². The van der Waals surface area contributed by atoms with Crippen molar-refractivity contribution in [2.75, 3.05) is 5.73 Å². The minimum Gasteiger partial charge on any atom is -0.374 e. The Morgan fingerprint density at radius 1 is 0.767 bits per heavy atom. The van der Waals surface area contributed by atoms with E-state index in [4.69, 9.17) is 15.7 Å². The van der Waals surface area contributed by atoms with Gasteiger partial charge in [0.1, 0.15) is 11.2 Å². The van der Waals surface area contributed by atoms with E-state index >= 15 is 0 Å². The predicted molar refractivity (Wildman–Crippen MR) is 118 cm³/mol. The molecule has 30 heavy (non-hydrogen) atoms. The lowest BCUT2D eigenvalue weighted by molar-refractivity contribution is -0.386. The fourth-order valence-corrected chi connectivity index (χ4v) is 3.81. The molecule has 5 aromatic rings. The molecule has 5 rings (SSSR count). The normalized spacial score (nSPS) is 11.1. The number of quaternary nitrogens is 1. The lowest BCUT2D eigenvalue weighted by Gasteiger charge is -2.11. The van der Waals surface area contributed by atoms with E-state index in [1.807, 2.05) is 42.5 Å². The Morgan fingerprint density at radius 3 is 2.20 bits per heavy atom. The van der Waals surface area contributed by atoms with Gasteiger partial charge >= 0.3 is 0 Å². The second kappa shape index (κ2) is 7.58. The number of fused-ring (bicyclic) bond motifs is 1. The number of nitrogen functional groups attached to an aromatic ring is 1. The Bertz CT molecular complexity index is 1330. The van der Waals surface area contributed by atoms with E-state index in [9.17, 15) is 0 Å². The van der Waals surface area contributed by atoms with E-state index < -0.39 is 0 Å². The third-order valence-corrected chi connectivity index (χ3v) is 5.53. The standard InChI is InChI=1S/C22H17N7S/c23-12-13-6-8-15(9-7-13)18-19(14-4-2-1-3-5-14)27-20-16(25-18)10-11-17(26-20)21-28-29-22(24)30-21/h1-11H,12,23H2,(H2,24,29)/p+1. The van der Waals surface area contributed by atoms with Gasteiger partial charge in [-0.3, -0.25) is 0 Å². The van der Waals surface area contributed by atoms with Crippen molar-refractivity contribution < 1.29 is 5.73 Å². The molecule has 0 amide bonds. The van der Waals surface area contributed by atoms with Crippen molar-refractivity contribution in [1.82, 2.24) is 25.1 Å². The van der Waals surface area contributed by atoms with Gasteiger partial charge in [0.05, 0.1) is 17.9 Å². The molecule has 2 aromatic carbocycles. The van der Waals surface area contributed by atoms with Crippen LogP contribution < -0.4 is 11.5 Å². The average molecular weight is 413 g/mol. The van der Waals surface area contributed by atoms with Gasteiger partial charge in [-0.15, -0.1) is 10.2 Å². The zero-order valence-electron chi connectivity index (χ0n) is 16.0. The molecule has 0 spiro atoms. The second-order valence-corrected chi connectivity index (χ2v) is 7.73. The number of rotatable bonds is 4. The number of anilines is 1. The SMILES string of the molecule is Nc1nnc(-c2ccc3nc(-c4ccc(C[NH3+])cc4)c(-c4ccccc4)nc3n2)s1. The number of benzene rings is 2. The van der Waals surface area contributed by atoms with Crippen LogP contribution in [-0.4, -0.2) is 25.1 Å². The van der Waals surface area contributed by atoms with E-state index in [0.717, 1.165) is 29.1 Å². The van der Waals surface area contributed by atoms with Gasteiger partial charge in [-0.1, -0.05) is 65.9 Å². The van der Waals surface area contributed by atoms with Crippen LogP contribution in [0.4, 0.5) is 5.13 Å². The molecule has 0 atom stereocenters. The summed E-state index contributed by atoms with van der Waals surface area (Å²) >= 11 is 1.29. The molecular weight excluding hydrogens is 394 g/mol. The molecule has 0 radical (unpaired) electrons. The van der Waals surface area contributed by atoms with Gasteiger partial charge in [0, 0.05) is 16.7 Å². The molecule has 0 aliphatic heterocycles. The molecule has 3 heterocycles. The molecule has 0 aliphatic carbocycles. The molecule has 0 fully saturated rings. The Labute approximate surface area is 176 Å². The summed E-state index contributed by atoms with van der Waals surface area (Å²) in [5.41, 5.74) is 16.4. The molecule has 5 N–H and O–H groups in total. The largest absolute Gasteiger partial charge is 0.374 e. The van der Waals surface area contributed by atoms with Crippen LogP contribution in [0.15, 0.2) is 66.7 Å². The van der Waals surface area contributed by atoms with Crippen molar-refractivity contribution in [2.45, 2.75) is 6.54 Å². The molecule has 0 bridgehead atoms. The van der Waals surface area contributed by atoms with E-state index in [0.29, 0.717) is 27.0 Å². The Kier molecular flexibility index (Phi) is 4.62. The van der Waals surface area contributed by atoms with Crippen molar-refractivity contribution in [3.8, 4) is 33.2 Å². The number of aromatic nitrogens is 5. The molecule has 0 saturated carbocycles. The number of hydrogen-bond donors (Lipinski definition) is 2. The number of pyridine rings is 1. The van der Waals surface area contributed by atoms with E-state index in [2.05, 4.69) is 45.2 Å². The zero-order valence-corrected chi connectivity index (χ0v) is 16.8. The van der Waals surface area contributed by atoms with Crippen molar-refractivity contribution in [2.24, 2.45) is 0 Å². The monoisotopic (exact) mass is 412 g/mol. The highest BCUT2D eigenvalue weighted by Gasteiger charge is 2.15. The quantitative estimate of drug-likeness (QED) is 0.468. The van der Waals surface area contributed by atoms with Crippen LogP contribution in [0.25, 0.3) is 44.4 Å². The molecule has 8 heteroatoms. The first-order valence-electron chi connectivity index (χ1n) is 9.43. The van der Waals surface area contributed by atoms with Crippen LogP contribution in [0.1, 0.15) is 5.56 Å². The molecule has 0 saturated heterocycles. The van der Waals surface area contributed by atoms with Gasteiger partial charge in [0.15, 0.2) is 10.7 Å². The summed E-state index contributed by atoms with van der Waals surface area (Å²) < 4.78 is 0. The fourth-order valence-electron chi connectivity index (χ4n) is 3.23. The predicted octanol–water partition coefficient (Wildman–Crippen LogP) is 3.20. The molecule has 146 valence electrons. The smallest absolute Gasteiger partial charge is 0.203 e. The molecule has 3 aromatic heterocycles. The average Bonchev–Trinajstić information content (AvgIpc) is 3.25. The summed E-state index contributed by atoms with van der Waals surface area (Å²) in [6.07, 6.45) is 0. The third-order valence-electron chi connectivity index (χ3n) is 4.75. The minimum atomic E-state index is 0.407. The summed E-state index contributed by atoms with van der Waals surface area (Å²) in [5, 5.41) is 9.02. The summed E-state index contributed by atoms with van der Waals surface area (Å²) in [6.45, 7) is 0.748. The van der Waals surface area contributed by atoms with Crippen LogP contribution in [-0.2, 0) is 6.54 Å². The first-order chi connectivity index (χ1) is 14.7. The minimum absolute atomic E-state index is 0.407. The first-order valence-corrected chi connectivity index (χ1v) is 10.2. The van der Waals surface area contributed by atoms with Crippen LogP contribution in [0, 0.1) is 0 Å².